The van der Waals surface area contributed by atoms with Gasteiger partial charge in [0.25, 0.3) is 0 Å². The molecule has 0 aromatic heterocycles. The molecule has 0 atom stereocenters. The molecular formula is C18H19I. The van der Waals surface area contributed by atoms with Crippen LogP contribution in [0.25, 0.3) is 5.57 Å². The summed E-state index contributed by atoms with van der Waals surface area (Å²) in [5, 5.41) is 0. The van der Waals surface area contributed by atoms with E-state index in [0.717, 1.165) is 10.8 Å². The Kier molecular flexibility index (Phi) is 5.20. The van der Waals surface area contributed by atoms with Crippen LogP contribution < -0.4 is 0 Å². The van der Waals surface area contributed by atoms with Crippen molar-refractivity contribution < 1.29 is 0 Å². The molecule has 0 fully saturated rings. The Morgan fingerprint density at radius 1 is 0.895 bits per heavy atom. The van der Waals surface area contributed by atoms with Crippen LogP contribution in [0.5, 0.6) is 0 Å². The summed E-state index contributed by atoms with van der Waals surface area (Å²) < 4.78 is 1.15. The van der Waals surface area contributed by atoms with Crippen molar-refractivity contribution in [2.24, 2.45) is 0 Å². The number of aryl methyl sites for hydroxylation is 2. The van der Waals surface area contributed by atoms with Crippen LogP contribution in [-0.4, -0.2) is 4.43 Å². The molecule has 0 aliphatic rings. The van der Waals surface area contributed by atoms with E-state index in [4.69, 9.17) is 0 Å². The Hall–Kier alpha value is -1.09. The van der Waals surface area contributed by atoms with Crippen LogP contribution in [-0.2, 0) is 0 Å². The number of halogens is 1. The van der Waals surface area contributed by atoms with E-state index in [-0.39, 0.29) is 0 Å². The Morgan fingerprint density at radius 2 is 1.37 bits per heavy atom. The normalized spacial score (nSPS) is 10.3. The van der Waals surface area contributed by atoms with E-state index in [2.05, 4.69) is 91.0 Å². The highest BCUT2D eigenvalue weighted by molar-refractivity contribution is 14.1. The minimum atomic E-state index is 1.11. The lowest BCUT2D eigenvalue weighted by atomic mass is 9.91. The molecule has 2 rings (SSSR count). The Labute approximate surface area is 129 Å². The van der Waals surface area contributed by atoms with Crippen LogP contribution in [0.3, 0.4) is 0 Å². The van der Waals surface area contributed by atoms with Gasteiger partial charge in [0, 0.05) is 4.43 Å². The number of allylic oxidation sites excluding steroid dienone is 1. The summed E-state index contributed by atoms with van der Waals surface area (Å²) in [6.07, 6.45) is 3.48. The second-order valence-electron chi connectivity index (χ2n) is 4.73. The fraction of sp³-hybridized carbons (Fsp3) is 0.222. The summed E-state index contributed by atoms with van der Waals surface area (Å²) in [7, 11) is 0. The Balaban J connectivity index is 2.55. The smallest absolute Gasteiger partial charge is 0.00302 e. The molecular weight excluding hydrogens is 343 g/mol. The van der Waals surface area contributed by atoms with Crippen LogP contribution in [0.2, 0.25) is 0 Å². The van der Waals surface area contributed by atoms with Crippen LogP contribution >= 0.6 is 22.6 Å². The lowest BCUT2D eigenvalue weighted by Gasteiger charge is -2.14. The van der Waals surface area contributed by atoms with Gasteiger partial charge in [-0.2, -0.15) is 0 Å². The van der Waals surface area contributed by atoms with E-state index in [1.165, 1.54) is 27.8 Å². The Bertz CT molecular complexity index is 534. The molecule has 0 aliphatic carbocycles. The molecule has 0 saturated carbocycles. The molecule has 0 saturated heterocycles. The van der Waals surface area contributed by atoms with Crippen LogP contribution in [0.15, 0.2) is 54.6 Å². The lowest BCUT2D eigenvalue weighted by molar-refractivity contribution is 1.26. The second-order valence-corrected chi connectivity index (χ2v) is 5.80. The maximum absolute atomic E-state index is 2.43. The lowest BCUT2D eigenvalue weighted by Crippen LogP contribution is -1.94. The maximum Gasteiger partial charge on any atom is 0.00302 e. The van der Waals surface area contributed by atoms with Gasteiger partial charge in [-0.05, 0) is 48.1 Å². The third-order valence-electron chi connectivity index (χ3n) is 3.33. The van der Waals surface area contributed by atoms with Gasteiger partial charge < -0.3 is 0 Å². The zero-order valence-corrected chi connectivity index (χ0v) is 13.6. The van der Waals surface area contributed by atoms with Gasteiger partial charge in [-0.3, -0.25) is 0 Å². The fourth-order valence-corrected chi connectivity index (χ4v) is 2.63. The quantitative estimate of drug-likeness (QED) is 0.493. The van der Waals surface area contributed by atoms with Gasteiger partial charge in [0.05, 0.1) is 0 Å². The third kappa shape index (κ3) is 3.47. The van der Waals surface area contributed by atoms with Gasteiger partial charge in [0.15, 0.2) is 0 Å². The van der Waals surface area contributed by atoms with Crippen molar-refractivity contribution in [2.45, 2.75) is 20.3 Å². The summed E-state index contributed by atoms with van der Waals surface area (Å²) >= 11 is 2.43. The number of hydrogen-bond donors (Lipinski definition) is 0. The molecule has 0 N–H and O–H groups in total. The molecule has 1 heteroatoms. The molecule has 0 radical (unpaired) electrons. The zero-order chi connectivity index (χ0) is 13.7. The Morgan fingerprint density at radius 3 is 1.79 bits per heavy atom. The molecule has 0 amide bonds. The molecule has 0 spiro atoms. The SMILES string of the molecule is Cc1ccccc1C(=CCCI)c1ccccc1C. The number of benzene rings is 2. The molecule has 0 nitrogen and oxygen atoms in total. The molecule has 19 heavy (non-hydrogen) atoms. The highest BCUT2D eigenvalue weighted by atomic mass is 127. The largest absolute Gasteiger partial charge is 0.0860 e. The highest BCUT2D eigenvalue weighted by Gasteiger charge is 2.09. The van der Waals surface area contributed by atoms with E-state index >= 15 is 0 Å². The van der Waals surface area contributed by atoms with Gasteiger partial charge >= 0.3 is 0 Å². The molecule has 98 valence electrons. The molecule has 0 heterocycles. The average Bonchev–Trinajstić information content (AvgIpc) is 2.42. The van der Waals surface area contributed by atoms with Crippen molar-refractivity contribution in [1.82, 2.24) is 0 Å². The summed E-state index contributed by atoms with van der Waals surface area (Å²) in [4.78, 5) is 0. The van der Waals surface area contributed by atoms with Gasteiger partial charge in [-0.1, -0.05) is 77.2 Å². The van der Waals surface area contributed by atoms with Crippen molar-refractivity contribution in [1.29, 1.82) is 0 Å². The first-order chi connectivity index (χ1) is 9.24. The van der Waals surface area contributed by atoms with Crippen LogP contribution in [0.4, 0.5) is 0 Å². The summed E-state index contributed by atoms with van der Waals surface area (Å²) in [5.74, 6) is 0. The number of hydrogen-bond acceptors (Lipinski definition) is 0. The minimum absolute atomic E-state index is 1.11. The van der Waals surface area contributed by atoms with Gasteiger partial charge in [-0.15, -0.1) is 0 Å². The predicted molar refractivity (Wildman–Crippen MR) is 92.9 cm³/mol. The first-order valence-corrected chi connectivity index (χ1v) is 8.14. The van der Waals surface area contributed by atoms with Crippen LogP contribution in [0.1, 0.15) is 28.7 Å². The second kappa shape index (κ2) is 6.90. The highest BCUT2D eigenvalue weighted by Crippen LogP contribution is 2.28. The standard InChI is InChI=1S/C18H19I/c1-14-8-3-5-10-16(14)18(12-7-13-19)17-11-6-4-9-15(17)2/h3-6,8-12H,7,13H2,1-2H3. The van der Waals surface area contributed by atoms with Gasteiger partial charge in [0.1, 0.15) is 0 Å². The van der Waals surface area contributed by atoms with Crippen molar-refractivity contribution in [3.8, 4) is 0 Å². The molecule has 2 aromatic carbocycles. The zero-order valence-electron chi connectivity index (χ0n) is 11.5. The van der Waals surface area contributed by atoms with E-state index < -0.39 is 0 Å². The first-order valence-electron chi connectivity index (χ1n) is 6.62. The fourth-order valence-electron chi connectivity index (χ4n) is 2.31. The molecule has 0 unspecified atom stereocenters. The van der Waals surface area contributed by atoms with Gasteiger partial charge in [-0.25, -0.2) is 0 Å². The summed E-state index contributed by atoms with van der Waals surface area (Å²) in [6, 6.07) is 17.3. The predicted octanol–water partition coefficient (Wildman–Crippen LogP) is 5.56. The first kappa shape index (κ1) is 14.3. The topological polar surface area (TPSA) is 0 Å². The molecule has 0 bridgehead atoms. The number of alkyl halides is 1. The van der Waals surface area contributed by atoms with Crippen molar-refractivity contribution >= 4 is 28.2 Å². The molecule has 0 aliphatic heterocycles. The van der Waals surface area contributed by atoms with Crippen molar-refractivity contribution in [2.75, 3.05) is 4.43 Å². The van der Waals surface area contributed by atoms with Crippen molar-refractivity contribution in [3.05, 3.63) is 76.9 Å². The van der Waals surface area contributed by atoms with Crippen LogP contribution in [0, 0.1) is 13.8 Å². The summed E-state index contributed by atoms with van der Waals surface area (Å²) in [5.41, 5.74) is 6.74. The maximum atomic E-state index is 2.43. The number of rotatable bonds is 4. The van der Waals surface area contributed by atoms with E-state index in [1.807, 2.05) is 0 Å². The minimum Gasteiger partial charge on any atom is -0.0860 e. The summed E-state index contributed by atoms with van der Waals surface area (Å²) in [6.45, 7) is 4.37. The molecule has 2 aromatic rings. The monoisotopic (exact) mass is 362 g/mol. The van der Waals surface area contributed by atoms with Gasteiger partial charge in [0.2, 0.25) is 0 Å². The van der Waals surface area contributed by atoms with E-state index in [9.17, 15) is 0 Å². The average molecular weight is 362 g/mol. The van der Waals surface area contributed by atoms with Crippen molar-refractivity contribution in [3.63, 3.8) is 0 Å². The van der Waals surface area contributed by atoms with E-state index in [1.54, 1.807) is 0 Å². The van der Waals surface area contributed by atoms with E-state index in [0.29, 0.717) is 0 Å². The third-order valence-corrected chi connectivity index (χ3v) is 3.95.